The first kappa shape index (κ1) is 16.8. The van der Waals surface area contributed by atoms with Gasteiger partial charge in [-0.15, -0.1) is 6.58 Å². The Morgan fingerprint density at radius 1 is 0.737 bits per heavy atom. The van der Waals surface area contributed by atoms with Crippen molar-refractivity contribution in [3.63, 3.8) is 0 Å². The van der Waals surface area contributed by atoms with Gasteiger partial charge in [-0.05, 0) is 19.3 Å². The standard InChI is InChI=1S/C18H34O/c1-2-3-4-5-6-7-8-9-10-11-12-13-14-15-16-18-17-19-18/h2,18H,1,3-17H2. The maximum atomic E-state index is 5.22. The number of ether oxygens (including phenoxy) is 1. The van der Waals surface area contributed by atoms with Crippen LogP contribution in [0.25, 0.3) is 0 Å². The minimum atomic E-state index is 0.645. The number of allylic oxidation sites excluding steroid dienone is 1. The Morgan fingerprint density at radius 2 is 1.16 bits per heavy atom. The van der Waals surface area contributed by atoms with Crippen molar-refractivity contribution in [2.24, 2.45) is 0 Å². The van der Waals surface area contributed by atoms with Crippen LogP contribution in [0, 0.1) is 0 Å². The van der Waals surface area contributed by atoms with Gasteiger partial charge in [-0.2, -0.15) is 0 Å². The first-order valence-electron chi connectivity index (χ1n) is 8.66. The molecule has 1 nitrogen and oxygen atoms in total. The van der Waals surface area contributed by atoms with Crippen molar-refractivity contribution in [3.8, 4) is 0 Å². The van der Waals surface area contributed by atoms with E-state index in [1.165, 1.54) is 89.9 Å². The molecule has 1 aliphatic rings. The lowest BCUT2D eigenvalue weighted by molar-refractivity contribution is 0.387. The van der Waals surface area contributed by atoms with E-state index < -0.39 is 0 Å². The Balaban J connectivity index is 1.61. The van der Waals surface area contributed by atoms with Crippen LogP contribution in [0.5, 0.6) is 0 Å². The molecule has 0 N–H and O–H groups in total. The van der Waals surface area contributed by atoms with Crippen LogP contribution in [0.3, 0.4) is 0 Å². The molecule has 0 aromatic heterocycles. The normalized spacial score (nSPS) is 17.6. The Hall–Kier alpha value is -0.300. The molecule has 1 heterocycles. The highest BCUT2D eigenvalue weighted by atomic mass is 16.6. The minimum absolute atomic E-state index is 0.645. The number of unbranched alkanes of at least 4 members (excludes halogenated alkanes) is 12. The summed E-state index contributed by atoms with van der Waals surface area (Å²) in [6.07, 6.45) is 22.3. The molecule has 1 fully saturated rings. The van der Waals surface area contributed by atoms with Crippen molar-refractivity contribution in [1.82, 2.24) is 0 Å². The summed E-state index contributed by atoms with van der Waals surface area (Å²) in [6.45, 7) is 4.80. The molecular formula is C18H34O. The molecule has 0 amide bonds. The summed E-state index contributed by atoms with van der Waals surface area (Å²) < 4.78 is 5.22. The summed E-state index contributed by atoms with van der Waals surface area (Å²) in [4.78, 5) is 0. The number of epoxide rings is 1. The second kappa shape index (κ2) is 12.7. The van der Waals surface area contributed by atoms with Crippen LogP contribution in [-0.4, -0.2) is 12.7 Å². The van der Waals surface area contributed by atoms with Crippen LogP contribution in [-0.2, 0) is 4.74 Å². The second-order valence-corrected chi connectivity index (χ2v) is 6.06. The molecule has 1 saturated heterocycles. The fourth-order valence-electron chi connectivity index (χ4n) is 2.66. The minimum Gasteiger partial charge on any atom is -0.373 e. The van der Waals surface area contributed by atoms with Crippen LogP contribution in [0.1, 0.15) is 89.9 Å². The highest BCUT2D eigenvalue weighted by Crippen LogP contribution is 2.18. The SMILES string of the molecule is C=CCCCCCCCCCCCCCCC1CO1. The fraction of sp³-hybridized carbons (Fsp3) is 0.889. The zero-order valence-corrected chi connectivity index (χ0v) is 12.9. The second-order valence-electron chi connectivity index (χ2n) is 6.06. The van der Waals surface area contributed by atoms with Gasteiger partial charge >= 0.3 is 0 Å². The largest absolute Gasteiger partial charge is 0.373 e. The van der Waals surface area contributed by atoms with Crippen LogP contribution < -0.4 is 0 Å². The van der Waals surface area contributed by atoms with Gasteiger partial charge in [0.05, 0.1) is 12.7 Å². The van der Waals surface area contributed by atoms with E-state index >= 15 is 0 Å². The number of hydrogen-bond donors (Lipinski definition) is 0. The predicted molar refractivity (Wildman–Crippen MR) is 84.6 cm³/mol. The van der Waals surface area contributed by atoms with E-state index in [1.807, 2.05) is 6.08 Å². The maximum Gasteiger partial charge on any atom is 0.0810 e. The van der Waals surface area contributed by atoms with Gasteiger partial charge in [0.15, 0.2) is 0 Å². The molecule has 0 saturated carbocycles. The summed E-state index contributed by atoms with van der Waals surface area (Å²) in [5.41, 5.74) is 0. The zero-order chi connectivity index (χ0) is 13.6. The summed E-state index contributed by atoms with van der Waals surface area (Å²) in [7, 11) is 0. The van der Waals surface area contributed by atoms with Crippen molar-refractivity contribution in [1.29, 1.82) is 0 Å². The molecule has 1 rings (SSSR count). The molecular weight excluding hydrogens is 232 g/mol. The molecule has 0 radical (unpaired) electrons. The van der Waals surface area contributed by atoms with Crippen molar-refractivity contribution in [3.05, 3.63) is 12.7 Å². The molecule has 112 valence electrons. The van der Waals surface area contributed by atoms with Crippen LogP contribution in [0.4, 0.5) is 0 Å². The van der Waals surface area contributed by atoms with Crippen molar-refractivity contribution in [2.75, 3.05) is 6.61 Å². The van der Waals surface area contributed by atoms with E-state index in [0.29, 0.717) is 6.10 Å². The Labute approximate surface area is 120 Å². The molecule has 1 aliphatic heterocycles. The highest BCUT2D eigenvalue weighted by molar-refractivity contribution is 4.68. The molecule has 0 aromatic rings. The van der Waals surface area contributed by atoms with E-state index in [1.54, 1.807) is 0 Å². The van der Waals surface area contributed by atoms with Gasteiger partial charge in [0, 0.05) is 0 Å². The van der Waals surface area contributed by atoms with Crippen LogP contribution in [0.15, 0.2) is 12.7 Å². The number of rotatable bonds is 15. The average Bonchev–Trinajstić information content (AvgIpc) is 3.23. The molecule has 0 bridgehead atoms. The lowest BCUT2D eigenvalue weighted by Crippen LogP contribution is -1.86. The summed E-state index contributed by atoms with van der Waals surface area (Å²) in [5.74, 6) is 0. The van der Waals surface area contributed by atoms with Crippen molar-refractivity contribution < 1.29 is 4.74 Å². The predicted octanol–water partition coefficient (Wildman–Crippen LogP) is 6.03. The molecule has 19 heavy (non-hydrogen) atoms. The number of hydrogen-bond acceptors (Lipinski definition) is 1. The van der Waals surface area contributed by atoms with Gasteiger partial charge < -0.3 is 4.74 Å². The van der Waals surface area contributed by atoms with Gasteiger partial charge in [0.2, 0.25) is 0 Å². The van der Waals surface area contributed by atoms with E-state index in [2.05, 4.69) is 6.58 Å². The lowest BCUT2D eigenvalue weighted by Gasteiger charge is -2.02. The van der Waals surface area contributed by atoms with E-state index in [0.717, 1.165) is 6.61 Å². The third-order valence-corrected chi connectivity index (χ3v) is 4.09. The smallest absolute Gasteiger partial charge is 0.0810 e. The van der Waals surface area contributed by atoms with Crippen LogP contribution in [0.2, 0.25) is 0 Å². The molecule has 0 aliphatic carbocycles. The molecule has 0 spiro atoms. The molecule has 1 unspecified atom stereocenters. The third-order valence-electron chi connectivity index (χ3n) is 4.09. The Morgan fingerprint density at radius 3 is 1.58 bits per heavy atom. The highest BCUT2D eigenvalue weighted by Gasteiger charge is 2.20. The van der Waals surface area contributed by atoms with Crippen molar-refractivity contribution in [2.45, 2.75) is 96.0 Å². The summed E-state index contributed by atoms with van der Waals surface area (Å²) >= 11 is 0. The quantitative estimate of drug-likeness (QED) is 0.200. The van der Waals surface area contributed by atoms with Gasteiger partial charge in [0.25, 0.3) is 0 Å². The van der Waals surface area contributed by atoms with E-state index in [-0.39, 0.29) is 0 Å². The lowest BCUT2D eigenvalue weighted by atomic mass is 10.0. The zero-order valence-electron chi connectivity index (χ0n) is 12.9. The monoisotopic (exact) mass is 266 g/mol. The Kier molecular flexibility index (Phi) is 11.2. The van der Waals surface area contributed by atoms with Crippen LogP contribution >= 0.6 is 0 Å². The molecule has 1 atom stereocenters. The Bertz CT molecular complexity index is 196. The maximum absolute atomic E-state index is 5.22. The molecule has 0 aromatic carbocycles. The van der Waals surface area contributed by atoms with Gasteiger partial charge in [-0.1, -0.05) is 76.7 Å². The van der Waals surface area contributed by atoms with Gasteiger partial charge in [-0.3, -0.25) is 0 Å². The van der Waals surface area contributed by atoms with Crippen molar-refractivity contribution >= 4 is 0 Å². The van der Waals surface area contributed by atoms with Gasteiger partial charge in [0.1, 0.15) is 0 Å². The first-order chi connectivity index (χ1) is 9.43. The third kappa shape index (κ3) is 12.5. The van der Waals surface area contributed by atoms with E-state index in [4.69, 9.17) is 4.74 Å². The average molecular weight is 266 g/mol. The summed E-state index contributed by atoms with van der Waals surface area (Å²) in [6, 6.07) is 0. The topological polar surface area (TPSA) is 12.5 Å². The molecule has 1 heteroatoms. The van der Waals surface area contributed by atoms with E-state index in [9.17, 15) is 0 Å². The van der Waals surface area contributed by atoms with Gasteiger partial charge in [-0.25, -0.2) is 0 Å². The first-order valence-corrected chi connectivity index (χ1v) is 8.66. The summed E-state index contributed by atoms with van der Waals surface area (Å²) in [5, 5.41) is 0. The fourth-order valence-corrected chi connectivity index (χ4v) is 2.66.